The maximum absolute atomic E-state index is 4.73. The predicted octanol–water partition coefficient (Wildman–Crippen LogP) is 4.01. The molecule has 146 valence electrons. The molecule has 0 amide bonds. The number of aromatic nitrogens is 1. The number of aliphatic imine (C=N–C) groups is 1. The molecule has 0 aliphatic carbocycles. The molecule has 0 fully saturated rings. The summed E-state index contributed by atoms with van der Waals surface area (Å²) in [7, 11) is 0. The van der Waals surface area contributed by atoms with Gasteiger partial charge in [-0.3, -0.25) is 0 Å². The number of nitrogens with zero attached hydrogens (tertiary/aromatic N) is 3. The minimum atomic E-state index is 0. The quantitative estimate of drug-likeness (QED) is 0.274. The van der Waals surface area contributed by atoms with Crippen LogP contribution in [0.25, 0.3) is 0 Å². The molecule has 0 bridgehead atoms. The first-order valence-corrected chi connectivity index (χ1v) is 9.91. The van der Waals surface area contributed by atoms with E-state index in [0.29, 0.717) is 13.1 Å². The van der Waals surface area contributed by atoms with Crippen LogP contribution in [0.5, 0.6) is 0 Å². The summed E-state index contributed by atoms with van der Waals surface area (Å²) in [5.74, 6) is 0.825. The number of hydrogen-bond donors (Lipinski definition) is 2. The maximum atomic E-state index is 4.73. The van der Waals surface area contributed by atoms with Crippen molar-refractivity contribution in [3.63, 3.8) is 0 Å². The minimum Gasteiger partial charge on any atom is -0.364 e. The number of rotatable bonds is 6. The molecule has 1 aromatic heterocycles. The van der Waals surface area contributed by atoms with Crippen molar-refractivity contribution in [2.75, 3.05) is 24.5 Å². The van der Waals surface area contributed by atoms with Crippen LogP contribution in [0.2, 0.25) is 0 Å². The van der Waals surface area contributed by atoms with Gasteiger partial charge in [0.2, 0.25) is 0 Å². The number of nitrogens with one attached hydrogen (secondary N) is 2. The normalized spacial score (nSPS) is 13.6. The van der Waals surface area contributed by atoms with Gasteiger partial charge >= 0.3 is 0 Å². The molecule has 0 saturated carbocycles. The number of hydrogen-bond acceptors (Lipinski definition) is 4. The van der Waals surface area contributed by atoms with E-state index in [1.54, 1.807) is 11.3 Å². The molecule has 0 saturated heterocycles. The summed E-state index contributed by atoms with van der Waals surface area (Å²) in [6, 6.07) is 8.64. The second kappa shape index (κ2) is 10.7. The molecule has 27 heavy (non-hydrogen) atoms. The lowest BCUT2D eigenvalue weighted by Gasteiger charge is -2.18. The first-order valence-electron chi connectivity index (χ1n) is 9.09. The van der Waals surface area contributed by atoms with Crippen LogP contribution in [0.1, 0.15) is 28.1 Å². The zero-order chi connectivity index (χ0) is 18.4. The monoisotopic (exact) mass is 497 g/mol. The van der Waals surface area contributed by atoms with E-state index in [4.69, 9.17) is 4.99 Å². The molecule has 0 spiro atoms. The number of thiazole rings is 1. The van der Waals surface area contributed by atoms with Crippen LogP contribution in [0, 0.1) is 13.8 Å². The number of halogens is 1. The number of guanidine groups is 1. The Bertz CT molecular complexity index is 772. The van der Waals surface area contributed by atoms with Gasteiger partial charge in [0.1, 0.15) is 5.01 Å². The summed E-state index contributed by atoms with van der Waals surface area (Å²) in [6.07, 6.45) is 4.42. The number of benzene rings is 1. The van der Waals surface area contributed by atoms with E-state index in [0.717, 1.165) is 36.3 Å². The second-order valence-corrected chi connectivity index (χ2v) is 7.63. The Morgan fingerprint density at radius 2 is 2.00 bits per heavy atom. The Hall–Kier alpha value is -1.61. The van der Waals surface area contributed by atoms with E-state index >= 15 is 0 Å². The zero-order valence-electron chi connectivity index (χ0n) is 16.2. The Labute approximate surface area is 183 Å². The topological polar surface area (TPSA) is 52.6 Å². The molecule has 0 unspecified atom stereocenters. The van der Waals surface area contributed by atoms with Crippen molar-refractivity contribution in [1.29, 1.82) is 0 Å². The standard InChI is InChI=1S/C20H27N5S.HI/c1-4-21-20(23-14-19-24-15(2)16(3)26-19)22-13-17-8-7-9-18(12-17)25-10-5-6-11-25;/h5-9,12H,4,10-11,13-14H2,1-3H3,(H2,21,22,23);1H. The van der Waals surface area contributed by atoms with E-state index in [1.165, 1.54) is 16.1 Å². The highest BCUT2D eigenvalue weighted by Crippen LogP contribution is 2.19. The number of aryl methyl sites for hydroxylation is 2. The third kappa shape index (κ3) is 6.21. The highest BCUT2D eigenvalue weighted by atomic mass is 127. The van der Waals surface area contributed by atoms with Gasteiger partial charge in [-0.05, 0) is 38.5 Å². The third-order valence-corrected chi connectivity index (χ3v) is 5.41. The Balaban J connectivity index is 0.00000261. The van der Waals surface area contributed by atoms with Gasteiger partial charge in [0.15, 0.2) is 5.96 Å². The molecular formula is C20H28IN5S. The fraction of sp³-hybridized carbons (Fsp3) is 0.400. The molecule has 2 heterocycles. The summed E-state index contributed by atoms with van der Waals surface area (Å²) in [5.41, 5.74) is 3.59. The summed E-state index contributed by atoms with van der Waals surface area (Å²) < 4.78 is 0. The lowest BCUT2D eigenvalue weighted by Crippen LogP contribution is -2.36. The molecular weight excluding hydrogens is 469 g/mol. The predicted molar refractivity (Wildman–Crippen MR) is 126 cm³/mol. The molecule has 1 aliphatic heterocycles. The largest absolute Gasteiger partial charge is 0.364 e. The van der Waals surface area contributed by atoms with Crippen molar-refractivity contribution in [2.45, 2.75) is 33.9 Å². The summed E-state index contributed by atoms with van der Waals surface area (Å²) in [6.45, 7) is 10.4. The smallest absolute Gasteiger partial charge is 0.191 e. The lowest BCUT2D eigenvalue weighted by molar-refractivity contribution is 0.809. The van der Waals surface area contributed by atoms with Crippen molar-refractivity contribution in [3.05, 3.63) is 57.6 Å². The van der Waals surface area contributed by atoms with Crippen LogP contribution in [0.15, 0.2) is 41.4 Å². The first-order chi connectivity index (χ1) is 12.7. The average Bonchev–Trinajstić information content (AvgIpc) is 3.28. The second-order valence-electron chi connectivity index (χ2n) is 6.34. The van der Waals surface area contributed by atoms with Crippen molar-refractivity contribution in [3.8, 4) is 0 Å². The van der Waals surface area contributed by atoms with Gasteiger partial charge in [-0.2, -0.15) is 0 Å². The van der Waals surface area contributed by atoms with Crippen molar-refractivity contribution < 1.29 is 0 Å². The van der Waals surface area contributed by atoms with Crippen molar-refractivity contribution >= 4 is 47.0 Å². The van der Waals surface area contributed by atoms with Gasteiger partial charge in [0, 0.05) is 30.2 Å². The van der Waals surface area contributed by atoms with Crippen LogP contribution in [0.3, 0.4) is 0 Å². The summed E-state index contributed by atoms with van der Waals surface area (Å²) in [5, 5.41) is 7.79. The highest BCUT2D eigenvalue weighted by Gasteiger charge is 2.08. The summed E-state index contributed by atoms with van der Waals surface area (Å²) in [4.78, 5) is 12.9. The van der Waals surface area contributed by atoms with Gasteiger partial charge in [0.05, 0.1) is 18.8 Å². The molecule has 3 rings (SSSR count). The lowest BCUT2D eigenvalue weighted by atomic mass is 10.2. The maximum Gasteiger partial charge on any atom is 0.191 e. The molecule has 0 atom stereocenters. The van der Waals surface area contributed by atoms with Crippen molar-refractivity contribution in [2.24, 2.45) is 4.99 Å². The van der Waals surface area contributed by atoms with Crippen LogP contribution in [0.4, 0.5) is 5.69 Å². The van der Waals surface area contributed by atoms with Gasteiger partial charge in [-0.25, -0.2) is 9.98 Å². The number of anilines is 1. The van der Waals surface area contributed by atoms with Gasteiger partial charge < -0.3 is 15.5 Å². The third-order valence-electron chi connectivity index (χ3n) is 4.34. The van der Waals surface area contributed by atoms with Crippen LogP contribution < -0.4 is 15.5 Å². The average molecular weight is 497 g/mol. The molecule has 2 aromatic rings. The Morgan fingerprint density at radius 3 is 2.67 bits per heavy atom. The van der Waals surface area contributed by atoms with Crippen LogP contribution in [-0.4, -0.2) is 30.6 Å². The fourth-order valence-corrected chi connectivity index (χ4v) is 3.70. The van der Waals surface area contributed by atoms with Gasteiger partial charge in [-0.1, -0.05) is 24.3 Å². The van der Waals surface area contributed by atoms with E-state index < -0.39 is 0 Å². The van der Waals surface area contributed by atoms with Crippen molar-refractivity contribution in [1.82, 2.24) is 15.6 Å². The van der Waals surface area contributed by atoms with E-state index in [-0.39, 0.29) is 24.0 Å². The molecule has 2 N–H and O–H groups in total. The molecule has 0 radical (unpaired) electrons. The van der Waals surface area contributed by atoms with Crippen LogP contribution >= 0.6 is 35.3 Å². The summed E-state index contributed by atoms with van der Waals surface area (Å²) >= 11 is 1.74. The molecule has 5 nitrogen and oxygen atoms in total. The highest BCUT2D eigenvalue weighted by molar-refractivity contribution is 14.0. The molecule has 1 aliphatic rings. The SMILES string of the molecule is CCNC(=NCc1cccc(N2CC=CC2)c1)NCc1nc(C)c(C)s1.I. The molecule has 7 heteroatoms. The Kier molecular flexibility index (Phi) is 8.56. The fourth-order valence-electron chi connectivity index (χ4n) is 2.83. The van der Waals surface area contributed by atoms with Crippen LogP contribution in [-0.2, 0) is 13.1 Å². The minimum absolute atomic E-state index is 0. The Morgan fingerprint density at radius 1 is 1.22 bits per heavy atom. The van der Waals surface area contributed by atoms with E-state index in [1.807, 2.05) is 0 Å². The van der Waals surface area contributed by atoms with E-state index in [2.05, 4.69) is 77.7 Å². The first kappa shape index (κ1) is 21.7. The molecule has 1 aromatic carbocycles. The van der Waals surface area contributed by atoms with Gasteiger partial charge in [0.25, 0.3) is 0 Å². The van der Waals surface area contributed by atoms with Gasteiger partial charge in [-0.15, -0.1) is 35.3 Å². The zero-order valence-corrected chi connectivity index (χ0v) is 19.3. The van der Waals surface area contributed by atoms with E-state index in [9.17, 15) is 0 Å².